The summed E-state index contributed by atoms with van der Waals surface area (Å²) in [5.41, 5.74) is 1.81. The molecule has 0 unspecified atom stereocenters. The van der Waals surface area contributed by atoms with Gasteiger partial charge in [0, 0.05) is 12.6 Å². The van der Waals surface area contributed by atoms with Crippen molar-refractivity contribution in [3.8, 4) is 11.4 Å². The zero-order valence-electron chi connectivity index (χ0n) is 11.0. The van der Waals surface area contributed by atoms with Crippen molar-refractivity contribution in [3.05, 3.63) is 39.5 Å². The minimum Gasteiger partial charge on any atom is -0.372 e. The molecular formula is C14H15BrClN3. The predicted molar refractivity (Wildman–Crippen MR) is 83.8 cm³/mol. The van der Waals surface area contributed by atoms with Crippen molar-refractivity contribution >= 4 is 33.3 Å². The van der Waals surface area contributed by atoms with Gasteiger partial charge in [-0.25, -0.2) is 9.97 Å². The fourth-order valence-corrected chi connectivity index (χ4v) is 2.83. The van der Waals surface area contributed by atoms with Crippen molar-refractivity contribution in [2.75, 3.05) is 12.4 Å². The molecule has 1 N–H and O–H groups in total. The van der Waals surface area contributed by atoms with Crippen LogP contribution in [0.25, 0.3) is 11.4 Å². The van der Waals surface area contributed by atoms with E-state index in [2.05, 4.69) is 45.1 Å². The van der Waals surface area contributed by atoms with Crippen molar-refractivity contribution in [2.45, 2.75) is 19.8 Å². The van der Waals surface area contributed by atoms with E-state index in [1.54, 1.807) is 0 Å². The molecule has 0 saturated carbocycles. The third kappa shape index (κ3) is 2.90. The van der Waals surface area contributed by atoms with Gasteiger partial charge in [0.2, 0.25) is 0 Å². The third-order valence-electron chi connectivity index (χ3n) is 2.78. The standard InChI is InChI=1S/C14H15BrClN3/c1-8(2)12-11(15)14(17-3)19-13(18-12)9-6-4-5-7-10(9)16/h4-8H,1-3H3,(H,17,18,19). The van der Waals surface area contributed by atoms with Gasteiger partial charge in [-0.15, -0.1) is 0 Å². The molecule has 1 aromatic carbocycles. The Kier molecular flexibility index (Phi) is 4.42. The summed E-state index contributed by atoms with van der Waals surface area (Å²) in [6.07, 6.45) is 0. The van der Waals surface area contributed by atoms with Crippen LogP contribution in [-0.2, 0) is 0 Å². The second-order valence-corrected chi connectivity index (χ2v) is 5.68. The molecule has 0 amide bonds. The Morgan fingerprint density at radius 1 is 1.21 bits per heavy atom. The van der Waals surface area contributed by atoms with Crippen molar-refractivity contribution in [1.29, 1.82) is 0 Å². The Hall–Kier alpha value is -1.13. The summed E-state index contributed by atoms with van der Waals surface area (Å²) in [5.74, 6) is 1.71. The molecule has 3 nitrogen and oxygen atoms in total. The molecule has 5 heteroatoms. The summed E-state index contributed by atoms with van der Waals surface area (Å²) in [7, 11) is 1.84. The largest absolute Gasteiger partial charge is 0.372 e. The second-order valence-electron chi connectivity index (χ2n) is 4.48. The number of nitrogens with one attached hydrogen (secondary N) is 1. The Morgan fingerprint density at radius 2 is 1.89 bits per heavy atom. The van der Waals surface area contributed by atoms with Crippen LogP contribution in [0.2, 0.25) is 5.02 Å². The molecule has 0 aliphatic heterocycles. The molecular weight excluding hydrogens is 326 g/mol. The molecule has 0 atom stereocenters. The van der Waals surface area contributed by atoms with Crippen LogP contribution in [0.15, 0.2) is 28.7 Å². The van der Waals surface area contributed by atoms with Crippen LogP contribution in [0, 0.1) is 0 Å². The fraction of sp³-hybridized carbons (Fsp3) is 0.286. The van der Waals surface area contributed by atoms with Gasteiger partial charge in [-0.2, -0.15) is 0 Å². The highest BCUT2D eigenvalue weighted by Gasteiger charge is 2.16. The molecule has 0 fully saturated rings. The maximum Gasteiger partial charge on any atom is 0.163 e. The number of halogens is 2. The van der Waals surface area contributed by atoms with E-state index in [0.717, 1.165) is 21.5 Å². The molecule has 0 radical (unpaired) electrons. The van der Waals surface area contributed by atoms with E-state index in [-0.39, 0.29) is 0 Å². The van der Waals surface area contributed by atoms with E-state index in [4.69, 9.17) is 11.6 Å². The molecule has 19 heavy (non-hydrogen) atoms. The van der Waals surface area contributed by atoms with Crippen LogP contribution in [0.4, 0.5) is 5.82 Å². The van der Waals surface area contributed by atoms with Crippen LogP contribution in [0.3, 0.4) is 0 Å². The molecule has 0 aliphatic carbocycles. The van der Waals surface area contributed by atoms with E-state index in [1.165, 1.54) is 0 Å². The van der Waals surface area contributed by atoms with Crippen LogP contribution in [-0.4, -0.2) is 17.0 Å². The van der Waals surface area contributed by atoms with Gasteiger partial charge in [-0.05, 0) is 34.0 Å². The van der Waals surface area contributed by atoms with Gasteiger partial charge in [0.05, 0.1) is 15.2 Å². The number of hydrogen-bond acceptors (Lipinski definition) is 3. The smallest absolute Gasteiger partial charge is 0.163 e. The van der Waals surface area contributed by atoms with Crippen LogP contribution in [0.1, 0.15) is 25.5 Å². The van der Waals surface area contributed by atoms with Crippen molar-refractivity contribution in [1.82, 2.24) is 9.97 Å². The van der Waals surface area contributed by atoms with Gasteiger partial charge >= 0.3 is 0 Å². The van der Waals surface area contributed by atoms with E-state index in [9.17, 15) is 0 Å². The Balaban J connectivity index is 2.65. The van der Waals surface area contributed by atoms with Crippen LogP contribution in [0.5, 0.6) is 0 Å². The van der Waals surface area contributed by atoms with E-state index in [1.807, 2.05) is 31.3 Å². The van der Waals surface area contributed by atoms with Gasteiger partial charge < -0.3 is 5.32 Å². The molecule has 1 aromatic heterocycles. The highest BCUT2D eigenvalue weighted by atomic mass is 79.9. The van der Waals surface area contributed by atoms with Crippen LogP contribution < -0.4 is 5.32 Å². The second kappa shape index (κ2) is 5.88. The monoisotopic (exact) mass is 339 g/mol. The maximum absolute atomic E-state index is 6.21. The lowest BCUT2D eigenvalue weighted by atomic mass is 10.1. The lowest BCUT2D eigenvalue weighted by Gasteiger charge is -2.14. The van der Waals surface area contributed by atoms with Gasteiger partial charge in [0.15, 0.2) is 5.82 Å². The lowest BCUT2D eigenvalue weighted by molar-refractivity contribution is 0.810. The Labute approximate surface area is 126 Å². The molecule has 0 aliphatic rings. The predicted octanol–water partition coefficient (Wildman–Crippen LogP) is 4.72. The van der Waals surface area contributed by atoms with Gasteiger partial charge in [-0.3, -0.25) is 0 Å². The highest BCUT2D eigenvalue weighted by Crippen LogP contribution is 2.33. The Morgan fingerprint density at radius 3 is 2.47 bits per heavy atom. The number of rotatable bonds is 3. The Bertz CT molecular complexity index is 599. The maximum atomic E-state index is 6.21. The number of hydrogen-bond donors (Lipinski definition) is 1. The molecule has 2 rings (SSSR count). The summed E-state index contributed by atoms with van der Waals surface area (Å²) in [4.78, 5) is 9.14. The van der Waals surface area contributed by atoms with Crippen molar-refractivity contribution in [2.24, 2.45) is 0 Å². The molecule has 0 bridgehead atoms. The molecule has 0 saturated heterocycles. The van der Waals surface area contributed by atoms with Crippen molar-refractivity contribution < 1.29 is 0 Å². The number of nitrogens with zero attached hydrogens (tertiary/aromatic N) is 2. The first-order chi connectivity index (χ1) is 9.04. The molecule has 2 aromatic rings. The lowest BCUT2D eigenvalue weighted by Crippen LogP contribution is -2.04. The zero-order chi connectivity index (χ0) is 14.0. The first-order valence-corrected chi connectivity index (χ1v) is 7.21. The number of aromatic nitrogens is 2. The minimum atomic E-state index is 0.297. The topological polar surface area (TPSA) is 37.8 Å². The van der Waals surface area contributed by atoms with E-state index < -0.39 is 0 Å². The average molecular weight is 341 g/mol. The third-order valence-corrected chi connectivity index (χ3v) is 3.89. The van der Waals surface area contributed by atoms with Gasteiger partial charge in [0.25, 0.3) is 0 Å². The van der Waals surface area contributed by atoms with Gasteiger partial charge in [-0.1, -0.05) is 37.6 Å². The summed E-state index contributed by atoms with van der Waals surface area (Å²) >= 11 is 9.76. The summed E-state index contributed by atoms with van der Waals surface area (Å²) in [5, 5.41) is 3.73. The number of anilines is 1. The molecule has 1 heterocycles. The first kappa shape index (κ1) is 14.3. The highest BCUT2D eigenvalue weighted by molar-refractivity contribution is 9.10. The number of benzene rings is 1. The summed E-state index contributed by atoms with van der Waals surface area (Å²) < 4.78 is 0.904. The quantitative estimate of drug-likeness (QED) is 0.878. The minimum absolute atomic E-state index is 0.297. The normalized spacial score (nSPS) is 10.8. The molecule has 0 spiro atoms. The van der Waals surface area contributed by atoms with Crippen LogP contribution >= 0.6 is 27.5 Å². The van der Waals surface area contributed by atoms with E-state index >= 15 is 0 Å². The summed E-state index contributed by atoms with van der Waals surface area (Å²) in [6, 6.07) is 7.60. The zero-order valence-corrected chi connectivity index (χ0v) is 13.4. The fourth-order valence-electron chi connectivity index (χ4n) is 1.78. The SMILES string of the molecule is CNc1nc(-c2ccccc2Cl)nc(C(C)C)c1Br. The summed E-state index contributed by atoms with van der Waals surface area (Å²) in [6.45, 7) is 4.20. The first-order valence-electron chi connectivity index (χ1n) is 6.04. The molecule has 100 valence electrons. The van der Waals surface area contributed by atoms with Gasteiger partial charge in [0.1, 0.15) is 5.82 Å². The van der Waals surface area contributed by atoms with E-state index in [0.29, 0.717) is 16.8 Å². The van der Waals surface area contributed by atoms with Crippen molar-refractivity contribution in [3.63, 3.8) is 0 Å². The average Bonchev–Trinajstić information content (AvgIpc) is 2.39.